The molecular formula is C23H32N4O. The van der Waals surface area contributed by atoms with Crippen LogP contribution in [-0.4, -0.2) is 63.0 Å². The highest BCUT2D eigenvalue weighted by Crippen LogP contribution is 2.47. The summed E-state index contributed by atoms with van der Waals surface area (Å²) in [6.45, 7) is 9.65. The van der Waals surface area contributed by atoms with Gasteiger partial charge in [-0.15, -0.1) is 0 Å². The summed E-state index contributed by atoms with van der Waals surface area (Å²) < 4.78 is 1.90. The van der Waals surface area contributed by atoms with Crippen LogP contribution in [0.3, 0.4) is 0 Å². The van der Waals surface area contributed by atoms with Crippen molar-refractivity contribution in [2.75, 3.05) is 26.2 Å². The average molecular weight is 381 g/mol. The Balaban J connectivity index is 1.44. The van der Waals surface area contributed by atoms with E-state index >= 15 is 0 Å². The van der Waals surface area contributed by atoms with Crippen LogP contribution in [0, 0.1) is 19.8 Å². The molecule has 0 spiro atoms. The van der Waals surface area contributed by atoms with Gasteiger partial charge < -0.3 is 5.11 Å². The summed E-state index contributed by atoms with van der Waals surface area (Å²) >= 11 is 0. The lowest BCUT2D eigenvalue weighted by molar-refractivity contribution is -0.00873. The lowest BCUT2D eigenvalue weighted by Gasteiger charge is -2.51. The van der Waals surface area contributed by atoms with Gasteiger partial charge in [-0.2, -0.15) is 5.10 Å². The zero-order valence-electron chi connectivity index (χ0n) is 17.1. The van der Waals surface area contributed by atoms with Crippen LogP contribution in [0.2, 0.25) is 0 Å². The summed E-state index contributed by atoms with van der Waals surface area (Å²) in [7, 11) is 0. The SMILES string of the molecule is Cc1ccc([C@@H]2CN(Cc3cn(CCO)nc3C)[C@@H]3C4CCN(CC4)[C@@H]32)cc1. The Morgan fingerprint density at radius 1 is 1.07 bits per heavy atom. The van der Waals surface area contributed by atoms with Crippen LogP contribution in [0.25, 0.3) is 0 Å². The number of piperidine rings is 3. The van der Waals surface area contributed by atoms with Crippen molar-refractivity contribution >= 4 is 0 Å². The maximum Gasteiger partial charge on any atom is 0.0641 e. The number of nitrogens with zero attached hydrogens (tertiary/aromatic N) is 4. The van der Waals surface area contributed by atoms with E-state index in [1.54, 1.807) is 0 Å². The molecule has 1 aromatic carbocycles. The van der Waals surface area contributed by atoms with Gasteiger partial charge in [0.05, 0.1) is 18.8 Å². The van der Waals surface area contributed by atoms with Gasteiger partial charge in [0.15, 0.2) is 0 Å². The number of aliphatic hydroxyl groups is 1. The number of hydrogen-bond acceptors (Lipinski definition) is 4. The van der Waals surface area contributed by atoms with Crippen molar-refractivity contribution in [3.63, 3.8) is 0 Å². The van der Waals surface area contributed by atoms with Crippen molar-refractivity contribution in [1.29, 1.82) is 0 Å². The zero-order chi connectivity index (χ0) is 19.3. The molecule has 4 aliphatic heterocycles. The average Bonchev–Trinajstić information content (AvgIpc) is 3.26. The monoisotopic (exact) mass is 380 g/mol. The summed E-state index contributed by atoms with van der Waals surface area (Å²) in [4.78, 5) is 5.52. The van der Waals surface area contributed by atoms with E-state index < -0.39 is 0 Å². The fourth-order valence-corrected chi connectivity index (χ4v) is 5.98. The number of hydrogen-bond donors (Lipinski definition) is 1. The van der Waals surface area contributed by atoms with E-state index in [0.717, 1.165) is 24.7 Å². The van der Waals surface area contributed by atoms with Crippen LogP contribution in [-0.2, 0) is 13.1 Å². The second kappa shape index (κ2) is 7.29. The Morgan fingerprint density at radius 2 is 1.82 bits per heavy atom. The summed E-state index contributed by atoms with van der Waals surface area (Å²) in [5.41, 5.74) is 5.26. The van der Waals surface area contributed by atoms with Crippen molar-refractivity contribution in [1.82, 2.24) is 19.6 Å². The Bertz CT molecular complexity index is 822. The quantitative estimate of drug-likeness (QED) is 0.866. The maximum absolute atomic E-state index is 9.23. The van der Waals surface area contributed by atoms with E-state index in [2.05, 4.69) is 59.2 Å². The van der Waals surface area contributed by atoms with Crippen molar-refractivity contribution in [2.24, 2.45) is 5.92 Å². The Hall–Kier alpha value is -1.69. The van der Waals surface area contributed by atoms with Crippen LogP contribution in [0.5, 0.6) is 0 Å². The predicted molar refractivity (Wildman–Crippen MR) is 110 cm³/mol. The first-order valence-corrected chi connectivity index (χ1v) is 10.8. The predicted octanol–water partition coefficient (Wildman–Crippen LogP) is 2.55. The van der Waals surface area contributed by atoms with Crippen molar-refractivity contribution in [2.45, 2.75) is 57.8 Å². The number of fused-ring (bicyclic) bond motifs is 2. The molecule has 1 aromatic heterocycles. The van der Waals surface area contributed by atoms with E-state index in [-0.39, 0.29) is 6.61 Å². The molecule has 5 heterocycles. The summed E-state index contributed by atoms with van der Waals surface area (Å²) in [6, 6.07) is 10.6. The van der Waals surface area contributed by atoms with Gasteiger partial charge in [-0.3, -0.25) is 14.5 Å². The Morgan fingerprint density at radius 3 is 2.54 bits per heavy atom. The van der Waals surface area contributed by atoms with Gasteiger partial charge in [0.2, 0.25) is 0 Å². The van der Waals surface area contributed by atoms with Gasteiger partial charge in [0.25, 0.3) is 0 Å². The van der Waals surface area contributed by atoms with Gasteiger partial charge in [0, 0.05) is 42.9 Å². The van der Waals surface area contributed by atoms with Crippen molar-refractivity contribution < 1.29 is 5.11 Å². The second-order valence-electron chi connectivity index (χ2n) is 9.03. The minimum absolute atomic E-state index is 0.140. The molecule has 150 valence electrons. The van der Waals surface area contributed by atoms with Crippen LogP contribution in [0.1, 0.15) is 41.1 Å². The number of aryl methyl sites for hydroxylation is 2. The minimum Gasteiger partial charge on any atom is -0.394 e. The summed E-state index contributed by atoms with van der Waals surface area (Å²) in [5, 5.41) is 13.8. The zero-order valence-corrected chi connectivity index (χ0v) is 17.1. The van der Waals surface area contributed by atoms with Gasteiger partial charge in [-0.1, -0.05) is 29.8 Å². The highest BCUT2D eigenvalue weighted by Gasteiger charge is 2.53. The highest BCUT2D eigenvalue weighted by atomic mass is 16.3. The second-order valence-corrected chi connectivity index (χ2v) is 9.03. The summed E-state index contributed by atoms with van der Waals surface area (Å²) in [5.74, 6) is 1.43. The molecule has 0 saturated carbocycles. The van der Waals surface area contributed by atoms with Gasteiger partial charge in [0.1, 0.15) is 0 Å². The molecule has 2 aromatic rings. The fourth-order valence-electron chi connectivity index (χ4n) is 5.98. The standard InChI is InChI=1S/C23H32N4O/c1-16-3-5-18(6-4-16)21-15-26(13-20-14-27(11-12-28)24-17(20)2)22-19-7-9-25(10-8-19)23(21)22/h3-6,14,19,21-23,28H,7-13,15H2,1-2H3/t21-,22+,23+/m0/s1. The van der Waals surface area contributed by atoms with Crippen LogP contribution >= 0.6 is 0 Å². The lowest BCUT2D eigenvalue weighted by Crippen LogP contribution is -2.59. The van der Waals surface area contributed by atoms with Gasteiger partial charge in [-0.25, -0.2) is 0 Å². The van der Waals surface area contributed by atoms with Crippen LogP contribution < -0.4 is 0 Å². The number of likely N-dealkylation sites (tertiary alicyclic amines) is 1. The topological polar surface area (TPSA) is 44.5 Å². The highest BCUT2D eigenvalue weighted by molar-refractivity contribution is 5.30. The minimum atomic E-state index is 0.140. The van der Waals surface area contributed by atoms with E-state index in [9.17, 15) is 5.11 Å². The molecule has 2 bridgehead atoms. The molecule has 6 rings (SSSR count). The summed E-state index contributed by atoms with van der Waals surface area (Å²) in [6.07, 6.45) is 4.84. The van der Waals surface area contributed by atoms with E-state index in [1.165, 1.54) is 42.6 Å². The largest absolute Gasteiger partial charge is 0.394 e. The molecule has 0 unspecified atom stereocenters. The van der Waals surface area contributed by atoms with Crippen LogP contribution in [0.4, 0.5) is 0 Å². The lowest BCUT2D eigenvalue weighted by atomic mass is 9.75. The molecule has 5 nitrogen and oxygen atoms in total. The smallest absolute Gasteiger partial charge is 0.0641 e. The fraction of sp³-hybridized carbons (Fsp3) is 0.609. The number of benzene rings is 1. The molecule has 1 N–H and O–H groups in total. The Labute approximate surface area is 168 Å². The molecule has 4 fully saturated rings. The number of rotatable bonds is 5. The normalized spacial score (nSPS) is 32.0. The third-order valence-corrected chi connectivity index (χ3v) is 7.35. The van der Waals surface area contributed by atoms with Gasteiger partial charge in [-0.05, 0) is 51.3 Å². The van der Waals surface area contributed by atoms with E-state index in [4.69, 9.17) is 0 Å². The molecule has 4 saturated heterocycles. The van der Waals surface area contributed by atoms with Crippen molar-refractivity contribution in [3.8, 4) is 0 Å². The molecule has 0 radical (unpaired) electrons. The van der Waals surface area contributed by atoms with E-state index in [0.29, 0.717) is 24.5 Å². The van der Waals surface area contributed by atoms with Gasteiger partial charge >= 0.3 is 0 Å². The molecular weight excluding hydrogens is 348 g/mol. The first-order valence-electron chi connectivity index (χ1n) is 10.8. The number of aromatic nitrogens is 2. The Kier molecular flexibility index (Phi) is 4.77. The maximum atomic E-state index is 9.23. The first-order chi connectivity index (χ1) is 13.6. The van der Waals surface area contributed by atoms with E-state index in [1.807, 2.05) is 4.68 Å². The third-order valence-electron chi connectivity index (χ3n) is 7.35. The molecule has 0 aliphatic carbocycles. The first kappa shape index (κ1) is 18.3. The third kappa shape index (κ3) is 3.10. The molecule has 28 heavy (non-hydrogen) atoms. The molecule has 3 atom stereocenters. The molecule has 4 aliphatic rings. The molecule has 5 heteroatoms. The van der Waals surface area contributed by atoms with Crippen LogP contribution in [0.15, 0.2) is 30.5 Å². The van der Waals surface area contributed by atoms with Crippen molar-refractivity contribution in [3.05, 3.63) is 52.8 Å². The number of aliphatic hydroxyl groups excluding tert-OH is 1. The molecule has 0 amide bonds.